The number of nitrogens with zero attached hydrogens (tertiary/aromatic N) is 2. The minimum atomic E-state index is -1.07. The summed E-state index contributed by atoms with van der Waals surface area (Å²) in [5, 5.41) is 14.7. The van der Waals surface area contributed by atoms with Gasteiger partial charge in [-0.25, -0.2) is 4.79 Å². The fourth-order valence-corrected chi connectivity index (χ4v) is 3.26. The van der Waals surface area contributed by atoms with E-state index in [-0.39, 0.29) is 22.4 Å². The number of anilines is 1. The number of carboxylic acids is 1. The highest BCUT2D eigenvalue weighted by Gasteiger charge is 2.31. The van der Waals surface area contributed by atoms with Gasteiger partial charge >= 0.3 is 5.97 Å². The molecule has 166 valence electrons. The van der Waals surface area contributed by atoms with Crippen LogP contribution in [-0.2, 0) is 10.2 Å². The molecule has 0 aromatic heterocycles. The molecule has 2 aromatic rings. The second-order valence-electron chi connectivity index (χ2n) is 8.56. The summed E-state index contributed by atoms with van der Waals surface area (Å²) < 4.78 is 0. The van der Waals surface area contributed by atoms with E-state index in [4.69, 9.17) is 5.11 Å². The van der Waals surface area contributed by atoms with Gasteiger partial charge in [-0.15, -0.1) is 0 Å². The molecule has 2 aromatic carbocycles. The highest BCUT2D eigenvalue weighted by molar-refractivity contribution is 6.30. The van der Waals surface area contributed by atoms with Gasteiger partial charge in [0, 0.05) is 11.3 Å². The zero-order chi connectivity index (χ0) is 23.6. The number of hydrazone groups is 1. The highest BCUT2D eigenvalue weighted by Crippen LogP contribution is 2.28. The number of hydrogen-bond acceptors (Lipinski definition) is 5. The minimum absolute atomic E-state index is 0.00442. The van der Waals surface area contributed by atoms with Crippen molar-refractivity contribution in [2.75, 3.05) is 5.01 Å². The summed E-state index contributed by atoms with van der Waals surface area (Å²) in [6, 6.07) is 13.2. The van der Waals surface area contributed by atoms with Crippen molar-refractivity contribution in [3.05, 3.63) is 76.5 Å². The third kappa shape index (κ3) is 4.69. The van der Waals surface area contributed by atoms with E-state index in [1.807, 2.05) is 24.3 Å². The van der Waals surface area contributed by atoms with E-state index in [0.717, 1.165) is 5.56 Å². The van der Waals surface area contributed by atoms with Crippen molar-refractivity contribution in [2.45, 2.75) is 40.0 Å². The Balaban J connectivity index is 1.72. The van der Waals surface area contributed by atoms with Gasteiger partial charge in [0.05, 0.1) is 22.5 Å². The monoisotopic (exact) mass is 434 g/mol. The molecule has 3 N–H and O–H groups in total. The third-order valence-electron chi connectivity index (χ3n) is 5.13. The molecule has 0 radical (unpaired) electrons. The predicted octanol–water partition coefficient (Wildman–Crippen LogP) is 3.61. The van der Waals surface area contributed by atoms with Gasteiger partial charge in [-0.2, -0.15) is 10.1 Å². The van der Waals surface area contributed by atoms with Crippen molar-refractivity contribution >= 4 is 29.2 Å². The lowest BCUT2D eigenvalue weighted by Gasteiger charge is -2.20. The van der Waals surface area contributed by atoms with Crippen LogP contribution in [0.3, 0.4) is 0 Å². The lowest BCUT2D eigenvalue weighted by Crippen LogP contribution is -2.37. The fourth-order valence-electron chi connectivity index (χ4n) is 3.26. The first-order chi connectivity index (χ1) is 15.0. The molecule has 0 unspecified atom stereocenters. The Morgan fingerprint density at radius 1 is 0.938 bits per heavy atom. The number of carbonyl (C=O) groups is 3. The topological polar surface area (TPSA) is 111 Å². The quantitative estimate of drug-likeness (QED) is 0.492. The zero-order valence-corrected chi connectivity index (χ0v) is 18.7. The van der Waals surface area contributed by atoms with Crippen LogP contribution in [0.25, 0.3) is 0 Å². The Labute approximate surface area is 186 Å². The summed E-state index contributed by atoms with van der Waals surface area (Å²) in [6.07, 6.45) is 0. The Morgan fingerprint density at radius 2 is 1.50 bits per heavy atom. The number of carbonyl (C=O) groups excluding carboxylic acids is 2. The van der Waals surface area contributed by atoms with Gasteiger partial charge in [0.15, 0.2) is 0 Å². The van der Waals surface area contributed by atoms with Crippen LogP contribution in [0, 0.1) is 0 Å². The van der Waals surface area contributed by atoms with Gasteiger partial charge in [0.25, 0.3) is 11.8 Å². The number of allylic oxidation sites excluding steroid dienone is 1. The molecular formula is C24H26N4O4. The molecule has 0 fully saturated rings. The first-order valence-corrected chi connectivity index (χ1v) is 10.1. The fraction of sp³-hybridized carbons (Fsp3) is 0.250. The molecule has 1 aliphatic heterocycles. The predicted molar refractivity (Wildman–Crippen MR) is 122 cm³/mol. The van der Waals surface area contributed by atoms with Crippen molar-refractivity contribution in [3.63, 3.8) is 0 Å². The number of aromatic carboxylic acids is 1. The first kappa shape index (κ1) is 22.7. The molecule has 0 aliphatic carbocycles. The maximum atomic E-state index is 13.0. The van der Waals surface area contributed by atoms with Crippen molar-refractivity contribution < 1.29 is 19.5 Å². The molecular weight excluding hydrogens is 408 g/mol. The van der Waals surface area contributed by atoms with E-state index in [2.05, 4.69) is 36.7 Å². The Morgan fingerprint density at radius 3 is 2.03 bits per heavy atom. The van der Waals surface area contributed by atoms with Gasteiger partial charge < -0.3 is 10.5 Å². The maximum Gasteiger partial charge on any atom is 0.335 e. The second-order valence-corrected chi connectivity index (χ2v) is 8.56. The van der Waals surface area contributed by atoms with Crippen LogP contribution >= 0.6 is 0 Å². The molecule has 8 heteroatoms. The Hall–Kier alpha value is -3.94. The number of nitrogens with one attached hydrogen (secondary N) is 2. The lowest BCUT2D eigenvalue weighted by atomic mass is 9.87. The van der Waals surface area contributed by atoms with Gasteiger partial charge in [-0.1, -0.05) is 32.9 Å². The smallest absolute Gasteiger partial charge is 0.335 e. The molecule has 1 aliphatic rings. The standard InChI is InChI=1S/C24H26N4O4/c1-14(25-26-21(29)16-6-8-17(9-7-16)23(31)32)20-15(2)27-28(22(20)30)19-12-10-18(11-13-19)24(3,4)5/h6-13,25H,1-5H3,(H,26,29)(H,31,32). The van der Waals surface area contributed by atoms with Crippen molar-refractivity contribution in [1.29, 1.82) is 0 Å². The van der Waals surface area contributed by atoms with Crippen LogP contribution in [0.2, 0.25) is 0 Å². The van der Waals surface area contributed by atoms with Crippen LogP contribution in [0.4, 0.5) is 5.69 Å². The number of amides is 2. The van der Waals surface area contributed by atoms with Crippen molar-refractivity contribution in [1.82, 2.24) is 10.9 Å². The average Bonchev–Trinajstić information content (AvgIpc) is 3.05. The summed E-state index contributed by atoms with van der Waals surface area (Å²) >= 11 is 0. The minimum Gasteiger partial charge on any atom is -0.478 e. The second kappa shape index (κ2) is 8.66. The Bertz CT molecular complexity index is 1120. The zero-order valence-electron chi connectivity index (χ0n) is 18.7. The molecule has 2 amide bonds. The summed E-state index contributed by atoms with van der Waals surface area (Å²) in [4.78, 5) is 36.3. The molecule has 1 heterocycles. The molecule has 0 saturated heterocycles. The molecule has 32 heavy (non-hydrogen) atoms. The molecule has 8 nitrogen and oxygen atoms in total. The summed E-state index contributed by atoms with van der Waals surface area (Å²) in [5.74, 6) is -1.82. The van der Waals surface area contributed by atoms with Crippen LogP contribution in [-0.4, -0.2) is 28.6 Å². The number of carboxylic acid groups (broad SMARTS) is 1. The number of hydrogen-bond donors (Lipinski definition) is 3. The van der Waals surface area contributed by atoms with Crippen molar-refractivity contribution in [3.8, 4) is 0 Å². The van der Waals surface area contributed by atoms with E-state index in [9.17, 15) is 14.4 Å². The summed E-state index contributed by atoms with van der Waals surface area (Å²) in [6.45, 7) is 9.77. The van der Waals surface area contributed by atoms with Crippen molar-refractivity contribution in [2.24, 2.45) is 5.10 Å². The van der Waals surface area contributed by atoms with Gasteiger partial charge in [-0.3, -0.25) is 15.0 Å². The van der Waals surface area contributed by atoms with Gasteiger partial charge in [0.2, 0.25) is 0 Å². The average molecular weight is 434 g/mol. The number of rotatable bonds is 5. The summed E-state index contributed by atoms with van der Waals surface area (Å²) in [7, 11) is 0. The van der Waals surface area contributed by atoms with Gasteiger partial charge in [-0.05, 0) is 61.2 Å². The maximum absolute atomic E-state index is 13.0. The van der Waals surface area contributed by atoms with Crippen LogP contribution in [0.1, 0.15) is 60.9 Å². The third-order valence-corrected chi connectivity index (χ3v) is 5.13. The van der Waals surface area contributed by atoms with E-state index >= 15 is 0 Å². The van der Waals surface area contributed by atoms with E-state index in [1.54, 1.807) is 13.8 Å². The lowest BCUT2D eigenvalue weighted by molar-refractivity contribution is -0.114. The molecule has 0 bridgehead atoms. The summed E-state index contributed by atoms with van der Waals surface area (Å²) in [5.41, 5.74) is 8.81. The van der Waals surface area contributed by atoms with Crippen LogP contribution < -0.4 is 15.9 Å². The number of hydrazine groups is 1. The van der Waals surface area contributed by atoms with E-state index in [1.165, 1.54) is 29.3 Å². The van der Waals surface area contributed by atoms with E-state index in [0.29, 0.717) is 22.7 Å². The highest BCUT2D eigenvalue weighted by atomic mass is 16.4. The largest absolute Gasteiger partial charge is 0.478 e. The van der Waals surface area contributed by atoms with Crippen LogP contribution in [0.5, 0.6) is 0 Å². The van der Waals surface area contributed by atoms with Gasteiger partial charge in [0.1, 0.15) is 0 Å². The molecule has 0 spiro atoms. The Kier molecular flexibility index (Phi) is 6.16. The molecule has 0 atom stereocenters. The molecule has 0 saturated carbocycles. The SMILES string of the molecule is CC1=NN(c2ccc(C(C)(C)C)cc2)C(=O)C1=C(C)NNC(=O)c1ccc(C(=O)O)cc1. The van der Waals surface area contributed by atoms with Crippen LogP contribution in [0.15, 0.2) is 64.9 Å². The normalized spacial score (nSPS) is 15.3. The van der Waals surface area contributed by atoms with E-state index < -0.39 is 11.9 Å². The number of benzene rings is 2. The molecule has 3 rings (SSSR count). The first-order valence-electron chi connectivity index (χ1n) is 10.1.